The van der Waals surface area contributed by atoms with Crippen molar-refractivity contribution in [2.75, 3.05) is 11.9 Å². The van der Waals surface area contributed by atoms with E-state index in [1.807, 2.05) is 26.8 Å². The second-order valence-corrected chi connectivity index (χ2v) is 6.24. The SMILES string of the molecule is Cc1cc(OCCCCCCCCBr)c(C)c(C)c1O. The monoisotopic (exact) mass is 342 g/mol. The van der Waals surface area contributed by atoms with Crippen molar-refractivity contribution in [2.45, 2.75) is 59.3 Å². The fourth-order valence-electron chi connectivity index (χ4n) is 2.27. The van der Waals surface area contributed by atoms with E-state index in [-0.39, 0.29) is 0 Å². The largest absolute Gasteiger partial charge is 0.507 e. The Morgan fingerprint density at radius 3 is 2.20 bits per heavy atom. The molecule has 0 fully saturated rings. The van der Waals surface area contributed by atoms with Crippen molar-refractivity contribution < 1.29 is 9.84 Å². The zero-order valence-electron chi connectivity index (χ0n) is 13.0. The fraction of sp³-hybridized carbons (Fsp3) is 0.647. The van der Waals surface area contributed by atoms with Gasteiger partial charge >= 0.3 is 0 Å². The smallest absolute Gasteiger partial charge is 0.122 e. The first-order valence-corrected chi connectivity index (χ1v) is 8.68. The molecule has 1 aromatic carbocycles. The number of aryl methyl sites for hydroxylation is 1. The van der Waals surface area contributed by atoms with Crippen molar-refractivity contribution >= 4 is 15.9 Å². The number of aromatic hydroxyl groups is 1. The molecule has 0 radical (unpaired) electrons. The van der Waals surface area contributed by atoms with Gasteiger partial charge in [0.05, 0.1) is 6.61 Å². The standard InChI is InChI=1S/C17H27BrO2/c1-13-12-16(14(2)15(3)17(13)19)20-11-9-7-5-4-6-8-10-18/h12,19H,4-11H2,1-3H3. The van der Waals surface area contributed by atoms with Gasteiger partial charge in [0.15, 0.2) is 0 Å². The Bertz CT molecular complexity index is 416. The summed E-state index contributed by atoms with van der Waals surface area (Å²) in [5.41, 5.74) is 2.86. The Labute approximate surface area is 131 Å². The lowest BCUT2D eigenvalue weighted by Gasteiger charge is -2.14. The molecule has 0 unspecified atom stereocenters. The molecule has 0 aliphatic heterocycles. The molecule has 0 saturated heterocycles. The molecular weight excluding hydrogens is 316 g/mol. The third-order valence-corrected chi connectivity index (χ3v) is 4.35. The normalized spacial score (nSPS) is 10.8. The zero-order chi connectivity index (χ0) is 15.0. The minimum atomic E-state index is 0.390. The van der Waals surface area contributed by atoms with E-state index in [4.69, 9.17) is 4.74 Å². The molecule has 1 aromatic rings. The van der Waals surface area contributed by atoms with Gasteiger partial charge < -0.3 is 9.84 Å². The van der Waals surface area contributed by atoms with Crippen molar-refractivity contribution in [3.63, 3.8) is 0 Å². The van der Waals surface area contributed by atoms with Crippen LogP contribution in [0.5, 0.6) is 11.5 Å². The van der Waals surface area contributed by atoms with Gasteiger partial charge in [0, 0.05) is 5.33 Å². The van der Waals surface area contributed by atoms with Gasteiger partial charge in [0.2, 0.25) is 0 Å². The van der Waals surface area contributed by atoms with Crippen LogP contribution in [-0.4, -0.2) is 17.0 Å². The van der Waals surface area contributed by atoms with Crippen molar-refractivity contribution in [2.24, 2.45) is 0 Å². The van der Waals surface area contributed by atoms with Crippen LogP contribution < -0.4 is 4.74 Å². The summed E-state index contributed by atoms with van der Waals surface area (Å²) in [5.74, 6) is 1.30. The van der Waals surface area contributed by atoms with E-state index in [2.05, 4.69) is 15.9 Å². The van der Waals surface area contributed by atoms with Crippen LogP contribution in [0.25, 0.3) is 0 Å². The van der Waals surface area contributed by atoms with Gasteiger partial charge in [-0.3, -0.25) is 0 Å². The van der Waals surface area contributed by atoms with Crippen molar-refractivity contribution in [3.8, 4) is 11.5 Å². The third-order valence-electron chi connectivity index (χ3n) is 3.79. The molecule has 0 aliphatic carbocycles. The van der Waals surface area contributed by atoms with Crippen LogP contribution in [0.1, 0.15) is 55.2 Å². The Morgan fingerprint density at radius 1 is 0.950 bits per heavy atom. The maximum atomic E-state index is 9.87. The number of alkyl halides is 1. The quantitative estimate of drug-likeness (QED) is 0.478. The topological polar surface area (TPSA) is 29.5 Å². The van der Waals surface area contributed by atoms with E-state index in [1.165, 1.54) is 32.1 Å². The number of hydrogen-bond donors (Lipinski definition) is 1. The summed E-state index contributed by atoms with van der Waals surface area (Å²) in [6.07, 6.45) is 7.55. The van der Waals surface area contributed by atoms with Gasteiger partial charge in [-0.25, -0.2) is 0 Å². The molecule has 0 aliphatic rings. The number of phenolic OH excluding ortho intramolecular Hbond substituents is 1. The number of hydrogen-bond acceptors (Lipinski definition) is 2. The summed E-state index contributed by atoms with van der Waals surface area (Å²) in [5, 5.41) is 11.0. The molecular formula is C17H27BrO2. The van der Waals surface area contributed by atoms with Crippen LogP contribution >= 0.6 is 15.9 Å². The van der Waals surface area contributed by atoms with Crippen molar-refractivity contribution in [3.05, 3.63) is 22.8 Å². The third kappa shape index (κ3) is 5.35. The summed E-state index contributed by atoms with van der Waals surface area (Å²) in [7, 11) is 0. The highest BCUT2D eigenvalue weighted by molar-refractivity contribution is 9.09. The molecule has 20 heavy (non-hydrogen) atoms. The maximum Gasteiger partial charge on any atom is 0.122 e. The molecule has 0 spiro atoms. The summed E-state index contributed by atoms with van der Waals surface area (Å²) in [4.78, 5) is 0. The van der Waals surface area contributed by atoms with E-state index in [1.54, 1.807) is 0 Å². The number of benzene rings is 1. The van der Waals surface area contributed by atoms with E-state index in [0.717, 1.165) is 40.8 Å². The molecule has 0 amide bonds. The minimum absolute atomic E-state index is 0.390. The second-order valence-electron chi connectivity index (χ2n) is 5.45. The number of unbranched alkanes of at least 4 members (excludes halogenated alkanes) is 5. The molecule has 1 rings (SSSR count). The van der Waals surface area contributed by atoms with Gasteiger partial charge in [-0.1, -0.05) is 41.6 Å². The van der Waals surface area contributed by atoms with E-state index < -0.39 is 0 Å². The van der Waals surface area contributed by atoms with Gasteiger partial charge in [0.1, 0.15) is 11.5 Å². The summed E-state index contributed by atoms with van der Waals surface area (Å²) < 4.78 is 5.86. The lowest BCUT2D eigenvalue weighted by molar-refractivity contribution is 0.301. The van der Waals surface area contributed by atoms with Gasteiger partial charge in [-0.05, 0) is 56.4 Å². The van der Waals surface area contributed by atoms with Crippen LogP contribution in [0.15, 0.2) is 6.07 Å². The number of rotatable bonds is 9. The Hall–Kier alpha value is -0.700. The highest BCUT2D eigenvalue weighted by Gasteiger charge is 2.09. The highest BCUT2D eigenvalue weighted by Crippen LogP contribution is 2.32. The lowest BCUT2D eigenvalue weighted by atomic mass is 10.0. The van der Waals surface area contributed by atoms with Crippen LogP contribution in [0.3, 0.4) is 0 Å². The second kappa shape index (κ2) is 9.28. The number of ether oxygens (including phenoxy) is 1. The van der Waals surface area contributed by atoms with E-state index in [0.29, 0.717) is 5.75 Å². The average Bonchev–Trinajstić information content (AvgIpc) is 2.44. The summed E-state index contributed by atoms with van der Waals surface area (Å²) >= 11 is 3.45. The molecule has 2 nitrogen and oxygen atoms in total. The summed E-state index contributed by atoms with van der Waals surface area (Å²) in [6, 6.07) is 1.94. The minimum Gasteiger partial charge on any atom is -0.507 e. The Balaban J connectivity index is 2.29. The molecule has 0 atom stereocenters. The molecule has 0 aromatic heterocycles. The van der Waals surface area contributed by atoms with Crippen LogP contribution in [0, 0.1) is 20.8 Å². The first kappa shape index (κ1) is 17.4. The van der Waals surface area contributed by atoms with Crippen LogP contribution in [0.4, 0.5) is 0 Å². The van der Waals surface area contributed by atoms with Gasteiger partial charge in [0.25, 0.3) is 0 Å². The lowest BCUT2D eigenvalue weighted by Crippen LogP contribution is -2.01. The molecule has 114 valence electrons. The Morgan fingerprint density at radius 2 is 1.55 bits per heavy atom. The van der Waals surface area contributed by atoms with E-state index in [9.17, 15) is 5.11 Å². The van der Waals surface area contributed by atoms with Gasteiger partial charge in [-0.15, -0.1) is 0 Å². The summed E-state index contributed by atoms with van der Waals surface area (Å²) in [6.45, 7) is 6.62. The first-order chi connectivity index (χ1) is 9.57. The number of halogens is 1. The molecule has 1 N–H and O–H groups in total. The predicted molar refractivity (Wildman–Crippen MR) is 89.3 cm³/mol. The molecule has 0 heterocycles. The van der Waals surface area contributed by atoms with E-state index >= 15 is 0 Å². The highest BCUT2D eigenvalue weighted by atomic mass is 79.9. The van der Waals surface area contributed by atoms with Crippen molar-refractivity contribution in [1.82, 2.24) is 0 Å². The predicted octanol–water partition coefficient (Wildman–Crippen LogP) is 5.43. The van der Waals surface area contributed by atoms with Crippen molar-refractivity contribution in [1.29, 1.82) is 0 Å². The fourth-order valence-corrected chi connectivity index (χ4v) is 2.66. The molecule has 3 heteroatoms. The maximum absolute atomic E-state index is 9.87. The van der Waals surface area contributed by atoms with Crippen LogP contribution in [-0.2, 0) is 0 Å². The molecule has 0 saturated carbocycles. The Kier molecular flexibility index (Phi) is 8.05. The molecule has 0 bridgehead atoms. The average molecular weight is 343 g/mol. The number of phenols is 1. The van der Waals surface area contributed by atoms with Gasteiger partial charge in [-0.2, -0.15) is 0 Å². The van der Waals surface area contributed by atoms with Crippen LogP contribution in [0.2, 0.25) is 0 Å². The first-order valence-electron chi connectivity index (χ1n) is 7.56. The zero-order valence-corrected chi connectivity index (χ0v) is 14.6.